The van der Waals surface area contributed by atoms with Gasteiger partial charge in [0.05, 0.1) is 21.0 Å². The molecule has 3 amide bonds. The number of nitrogens with one attached hydrogen (secondary N) is 3. The normalized spacial score (nSPS) is 15.4. The fraction of sp³-hybridized carbons (Fsp3) is 0.500. The lowest BCUT2D eigenvalue weighted by molar-refractivity contribution is -0.144. The highest BCUT2D eigenvalue weighted by Gasteiger charge is 2.42. The monoisotopic (exact) mass is 617 g/mol. The second-order valence-electron chi connectivity index (χ2n) is 11.1. The van der Waals surface area contributed by atoms with Gasteiger partial charge in [-0.1, -0.05) is 80.9 Å². The number of hydrogen-bond acceptors (Lipinski definition) is 4. The molecule has 8 nitrogen and oxygen atoms in total. The summed E-state index contributed by atoms with van der Waals surface area (Å²) in [4.78, 5) is 50.9. The molecule has 1 aliphatic carbocycles. The first-order valence-electron chi connectivity index (χ1n) is 14.8. The molecule has 42 heavy (non-hydrogen) atoms. The Morgan fingerprint density at radius 3 is 2.19 bits per heavy atom. The summed E-state index contributed by atoms with van der Waals surface area (Å²) < 4.78 is 0. The highest BCUT2D eigenvalue weighted by molar-refractivity contribution is 6.40. The average Bonchev–Trinajstić information content (AvgIpc) is 3.44. The molecular formula is C32H41Cl2N3O5. The SMILES string of the molecule is CCCCC(CC)C(=O)NCCC1(C(=O)N[C@@H](Cc2ccc(NC(=O)c3c(Cl)cccc3Cl)cc2)C(=O)O)CCCC1. The molecule has 4 N–H and O–H groups in total. The molecule has 1 saturated carbocycles. The van der Waals surface area contributed by atoms with Gasteiger partial charge in [0.15, 0.2) is 0 Å². The Kier molecular flexibility index (Phi) is 12.7. The van der Waals surface area contributed by atoms with E-state index in [1.54, 1.807) is 42.5 Å². The van der Waals surface area contributed by atoms with E-state index >= 15 is 0 Å². The number of benzene rings is 2. The van der Waals surface area contributed by atoms with Gasteiger partial charge in [0, 0.05) is 24.6 Å². The van der Waals surface area contributed by atoms with E-state index in [2.05, 4.69) is 22.9 Å². The van der Waals surface area contributed by atoms with E-state index in [0.717, 1.165) is 38.5 Å². The molecule has 2 atom stereocenters. The minimum atomic E-state index is -1.13. The molecular weight excluding hydrogens is 577 g/mol. The zero-order valence-electron chi connectivity index (χ0n) is 24.3. The molecule has 0 saturated heterocycles. The fourth-order valence-corrected chi connectivity index (χ4v) is 6.13. The number of rotatable bonds is 15. The highest BCUT2D eigenvalue weighted by Crippen LogP contribution is 2.41. The van der Waals surface area contributed by atoms with Gasteiger partial charge in [-0.3, -0.25) is 14.4 Å². The predicted molar refractivity (Wildman–Crippen MR) is 166 cm³/mol. The topological polar surface area (TPSA) is 125 Å². The van der Waals surface area contributed by atoms with Gasteiger partial charge in [0.1, 0.15) is 6.04 Å². The first-order valence-corrected chi connectivity index (χ1v) is 15.5. The maximum absolute atomic E-state index is 13.5. The van der Waals surface area contributed by atoms with Gasteiger partial charge in [-0.05, 0) is 61.9 Å². The molecule has 0 spiro atoms. The van der Waals surface area contributed by atoms with Crippen LogP contribution in [-0.4, -0.2) is 41.4 Å². The number of unbranched alkanes of at least 4 members (excludes halogenated alkanes) is 1. The molecule has 1 unspecified atom stereocenters. The Balaban J connectivity index is 1.60. The average molecular weight is 619 g/mol. The van der Waals surface area contributed by atoms with Gasteiger partial charge in [-0.25, -0.2) is 4.79 Å². The third-order valence-corrected chi connectivity index (χ3v) is 8.79. The van der Waals surface area contributed by atoms with Gasteiger partial charge < -0.3 is 21.1 Å². The van der Waals surface area contributed by atoms with Crippen molar-refractivity contribution in [2.45, 2.75) is 84.1 Å². The van der Waals surface area contributed by atoms with Gasteiger partial charge >= 0.3 is 5.97 Å². The van der Waals surface area contributed by atoms with Gasteiger partial charge in [-0.2, -0.15) is 0 Å². The molecule has 0 aliphatic heterocycles. The number of anilines is 1. The van der Waals surface area contributed by atoms with Crippen molar-refractivity contribution in [2.75, 3.05) is 11.9 Å². The van der Waals surface area contributed by atoms with Crippen molar-refractivity contribution >= 4 is 52.6 Å². The summed E-state index contributed by atoms with van der Waals surface area (Å²) >= 11 is 12.2. The number of halogens is 2. The summed E-state index contributed by atoms with van der Waals surface area (Å²) in [6, 6.07) is 10.4. The lowest BCUT2D eigenvalue weighted by Crippen LogP contribution is -2.49. The number of hydrogen-bond donors (Lipinski definition) is 4. The van der Waals surface area contributed by atoms with Crippen molar-refractivity contribution in [1.29, 1.82) is 0 Å². The van der Waals surface area contributed by atoms with E-state index in [-0.39, 0.29) is 39.8 Å². The molecule has 0 radical (unpaired) electrons. The number of aliphatic carboxylic acids is 1. The summed E-state index contributed by atoms with van der Waals surface area (Å²) in [7, 11) is 0. The number of amides is 3. The lowest BCUT2D eigenvalue weighted by atomic mass is 9.81. The van der Waals surface area contributed by atoms with Crippen molar-refractivity contribution in [3.8, 4) is 0 Å². The smallest absolute Gasteiger partial charge is 0.326 e. The number of carbonyl (C=O) groups excluding carboxylic acids is 3. The Morgan fingerprint density at radius 1 is 0.976 bits per heavy atom. The summed E-state index contributed by atoms with van der Waals surface area (Å²) in [6.07, 6.45) is 7.34. The van der Waals surface area contributed by atoms with E-state index in [4.69, 9.17) is 23.2 Å². The molecule has 10 heteroatoms. The van der Waals surface area contributed by atoms with E-state index in [1.165, 1.54) is 0 Å². The van der Waals surface area contributed by atoms with Crippen LogP contribution in [0.4, 0.5) is 5.69 Å². The van der Waals surface area contributed by atoms with Crippen LogP contribution in [0.2, 0.25) is 10.0 Å². The van der Waals surface area contributed by atoms with Crippen molar-refractivity contribution in [3.63, 3.8) is 0 Å². The molecule has 228 valence electrons. The summed E-state index contributed by atoms with van der Waals surface area (Å²) in [5.74, 6) is -1.86. The van der Waals surface area contributed by atoms with Crippen LogP contribution in [-0.2, 0) is 20.8 Å². The van der Waals surface area contributed by atoms with E-state index in [1.807, 2.05) is 6.92 Å². The Labute approximate surface area is 257 Å². The van der Waals surface area contributed by atoms with Crippen molar-refractivity contribution in [2.24, 2.45) is 11.3 Å². The van der Waals surface area contributed by atoms with Crippen LogP contribution in [0, 0.1) is 11.3 Å². The second-order valence-corrected chi connectivity index (χ2v) is 11.9. The van der Waals surface area contributed by atoms with Crippen LogP contribution >= 0.6 is 23.2 Å². The Hall–Kier alpha value is -3.10. The second kappa shape index (κ2) is 15.9. The van der Waals surface area contributed by atoms with E-state index in [9.17, 15) is 24.3 Å². The van der Waals surface area contributed by atoms with Crippen LogP contribution in [0.1, 0.15) is 87.6 Å². The minimum absolute atomic E-state index is 0.0247. The predicted octanol–water partition coefficient (Wildman–Crippen LogP) is 6.64. The molecule has 0 bridgehead atoms. The molecule has 3 rings (SSSR count). The Morgan fingerprint density at radius 2 is 1.62 bits per heavy atom. The first kappa shape index (κ1) is 33.4. The molecule has 1 fully saturated rings. The largest absolute Gasteiger partial charge is 0.480 e. The third-order valence-electron chi connectivity index (χ3n) is 8.16. The summed E-state index contributed by atoms with van der Waals surface area (Å²) in [5, 5.41) is 18.9. The number of carboxylic acids is 1. The molecule has 2 aromatic carbocycles. The zero-order chi connectivity index (χ0) is 30.7. The van der Waals surface area contributed by atoms with Crippen LogP contribution in [0.15, 0.2) is 42.5 Å². The highest BCUT2D eigenvalue weighted by atomic mass is 35.5. The minimum Gasteiger partial charge on any atom is -0.480 e. The molecule has 2 aromatic rings. The van der Waals surface area contributed by atoms with Crippen LogP contribution in [0.5, 0.6) is 0 Å². The zero-order valence-corrected chi connectivity index (χ0v) is 25.8. The summed E-state index contributed by atoms with van der Waals surface area (Å²) in [5.41, 5.74) is 0.644. The van der Waals surface area contributed by atoms with Crippen LogP contribution < -0.4 is 16.0 Å². The van der Waals surface area contributed by atoms with E-state index < -0.39 is 23.3 Å². The van der Waals surface area contributed by atoms with Crippen molar-refractivity contribution < 1.29 is 24.3 Å². The lowest BCUT2D eigenvalue weighted by Gasteiger charge is -2.30. The van der Waals surface area contributed by atoms with Gasteiger partial charge in [0.25, 0.3) is 5.91 Å². The first-order chi connectivity index (χ1) is 20.1. The van der Waals surface area contributed by atoms with Crippen molar-refractivity contribution in [1.82, 2.24) is 10.6 Å². The maximum Gasteiger partial charge on any atom is 0.326 e. The van der Waals surface area contributed by atoms with Gasteiger partial charge in [0.2, 0.25) is 11.8 Å². The maximum atomic E-state index is 13.5. The Bertz CT molecular complexity index is 1220. The fourth-order valence-electron chi connectivity index (χ4n) is 5.56. The third kappa shape index (κ3) is 8.95. The van der Waals surface area contributed by atoms with Crippen molar-refractivity contribution in [3.05, 3.63) is 63.6 Å². The van der Waals surface area contributed by atoms with Gasteiger partial charge in [-0.15, -0.1) is 0 Å². The van der Waals surface area contributed by atoms with Crippen LogP contribution in [0.3, 0.4) is 0 Å². The van der Waals surface area contributed by atoms with Crippen LogP contribution in [0.25, 0.3) is 0 Å². The van der Waals surface area contributed by atoms with E-state index in [0.29, 0.717) is 37.1 Å². The standard InChI is InChI=1S/C32H41Cl2N3O5/c1-3-5-9-22(4-2)28(38)35-19-18-32(16-6-7-17-32)31(42)37-26(30(40)41)20-21-12-14-23(15-13-21)36-29(39)27-24(33)10-8-11-25(27)34/h8,10-15,22,26H,3-7,9,16-20H2,1-2H3,(H,35,38)(H,36,39)(H,37,42)(H,40,41)/t22?,26-/m0/s1. The summed E-state index contributed by atoms with van der Waals surface area (Å²) in [6.45, 7) is 4.50. The number of carboxylic acid groups (broad SMARTS) is 1. The number of carbonyl (C=O) groups is 4. The molecule has 0 heterocycles. The molecule has 0 aromatic heterocycles. The quantitative estimate of drug-likeness (QED) is 0.178. The molecule has 1 aliphatic rings.